The van der Waals surface area contributed by atoms with Crippen molar-refractivity contribution < 1.29 is 9.53 Å². The third-order valence-corrected chi connectivity index (χ3v) is 2.05. The highest BCUT2D eigenvalue weighted by Gasteiger charge is 2.03. The highest BCUT2D eigenvalue weighted by Crippen LogP contribution is 2.12. The Balaban J connectivity index is 2.54. The van der Waals surface area contributed by atoms with Crippen LogP contribution in [0.15, 0.2) is 24.3 Å². The highest BCUT2D eigenvalue weighted by atomic mass is 16.5. The first kappa shape index (κ1) is 12.1. The number of hydrogen-bond acceptors (Lipinski definition) is 3. The Bertz CT molecular complexity index is 379. The average Bonchev–Trinajstić information content (AvgIpc) is 2.30. The normalized spacial score (nSPS) is 9.25. The van der Waals surface area contributed by atoms with Gasteiger partial charge < -0.3 is 4.74 Å². The zero-order valence-electron chi connectivity index (χ0n) is 9.19. The Hall–Kier alpha value is -2.02. The van der Waals surface area contributed by atoms with Gasteiger partial charge in [0.15, 0.2) is 6.19 Å². The van der Waals surface area contributed by atoms with Gasteiger partial charge in [-0.15, -0.1) is 0 Å². The van der Waals surface area contributed by atoms with Crippen molar-refractivity contribution in [2.24, 2.45) is 0 Å². The van der Waals surface area contributed by atoms with Crippen LogP contribution in [-0.2, 0) is 0 Å². The maximum absolute atomic E-state index is 11.2. The standard InChI is InChI=1S/C12H14N2O2/c1-2-3-8-16-11-6-4-10(5-7-11)12(15)14-9-13/h4-7H,2-3,8H2,1H3,(H,14,15). The van der Waals surface area contributed by atoms with Crippen LogP contribution in [0.4, 0.5) is 0 Å². The molecule has 0 aromatic heterocycles. The van der Waals surface area contributed by atoms with E-state index < -0.39 is 5.91 Å². The monoisotopic (exact) mass is 218 g/mol. The number of benzene rings is 1. The van der Waals surface area contributed by atoms with Gasteiger partial charge in [-0.2, -0.15) is 5.26 Å². The van der Waals surface area contributed by atoms with Crippen molar-refractivity contribution in [3.05, 3.63) is 29.8 Å². The average molecular weight is 218 g/mol. The van der Waals surface area contributed by atoms with Gasteiger partial charge in [-0.1, -0.05) is 13.3 Å². The van der Waals surface area contributed by atoms with E-state index in [1.54, 1.807) is 30.5 Å². The van der Waals surface area contributed by atoms with Gasteiger partial charge in [-0.05, 0) is 30.7 Å². The van der Waals surface area contributed by atoms with Gasteiger partial charge in [-0.3, -0.25) is 10.1 Å². The molecule has 0 unspecified atom stereocenters. The van der Waals surface area contributed by atoms with E-state index in [-0.39, 0.29) is 0 Å². The number of nitrogens with one attached hydrogen (secondary N) is 1. The fourth-order valence-electron chi connectivity index (χ4n) is 1.16. The Kier molecular flexibility index (Phi) is 4.87. The first-order valence-electron chi connectivity index (χ1n) is 5.20. The molecule has 1 aromatic carbocycles. The minimum absolute atomic E-state index is 0.400. The maximum atomic E-state index is 11.2. The van der Waals surface area contributed by atoms with Crippen LogP contribution in [-0.4, -0.2) is 12.5 Å². The van der Waals surface area contributed by atoms with Gasteiger partial charge in [0.05, 0.1) is 6.61 Å². The van der Waals surface area contributed by atoms with Crippen LogP contribution < -0.4 is 10.1 Å². The minimum atomic E-state index is -0.400. The largest absolute Gasteiger partial charge is 0.494 e. The van der Waals surface area contributed by atoms with Gasteiger partial charge >= 0.3 is 0 Å². The lowest BCUT2D eigenvalue weighted by molar-refractivity contribution is 0.0973. The summed E-state index contributed by atoms with van der Waals surface area (Å²) in [7, 11) is 0. The molecule has 0 bridgehead atoms. The van der Waals surface area contributed by atoms with Crippen LogP contribution in [0.5, 0.6) is 5.75 Å². The molecule has 4 heteroatoms. The fraction of sp³-hybridized carbons (Fsp3) is 0.333. The molecule has 0 saturated heterocycles. The second kappa shape index (κ2) is 6.46. The predicted octanol–water partition coefficient (Wildman–Crippen LogP) is 2.08. The number of ether oxygens (including phenoxy) is 1. The molecule has 0 atom stereocenters. The number of amides is 1. The van der Waals surface area contributed by atoms with Gasteiger partial charge in [-0.25, -0.2) is 0 Å². The van der Waals surface area contributed by atoms with E-state index in [1.165, 1.54) is 0 Å². The smallest absolute Gasteiger partial charge is 0.264 e. The number of carbonyl (C=O) groups is 1. The predicted molar refractivity (Wildman–Crippen MR) is 59.9 cm³/mol. The SMILES string of the molecule is CCCCOc1ccc(C(=O)NC#N)cc1. The molecule has 0 fully saturated rings. The van der Waals surface area contributed by atoms with Gasteiger partial charge in [0.25, 0.3) is 5.91 Å². The zero-order valence-corrected chi connectivity index (χ0v) is 9.19. The second-order valence-electron chi connectivity index (χ2n) is 3.29. The maximum Gasteiger partial charge on any atom is 0.264 e. The van der Waals surface area contributed by atoms with Gasteiger partial charge in [0, 0.05) is 5.56 Å². The molecule has 0 aliphatic rings. The third-order valence-electron chi connectivity index (χ3n) is 2.05. The second-order valence-corrected chi connectivity index (χ2v) is 3.29. The molecule has 1 rings (SSSR count). The van der Waals surface area contributed by atoms with Gasteiger partial charge in [0.1, 0.15) is 5.75 Å². The van der Waals surface area contributed by atoms with E-state index >= 15 is 0 Å². The van der Waals surface area contributed by atoms with Crippen molar-refractivity contribution in [3.8, 4) is 11.9 Å². The Morgan fingerprint density at radius 3 is 2.69 bits per heavy atom. The number of nitrogens with zero attached hydrogens (tertiary/aromatic N) is 1. The summed E-state index contributed by atoms with van der Waals surface area (Å²) in [6.07, 6.45) is 3.69. The van der Waals surface area contributed by atoms with Crippen molar-refractivity contribution in [1.82, 2.24) is 5.32 Å². The quantitative estimate of drug-likeness (QED) is 0.467. The number of nitriles is 1. The van der Waals surface area contributed by atoms with Crippen LogP contribution in [0.1, 0.15) is 30.1 Å². The summed E-state index contributed by atoms with van der Waals surface area (Å²) in [5.74, 6) is 0.338. The van der Waals surface area contributed by atoms with Crippen LogP contribution >= 0.6 is 0 Å². The van der Waals surface area contributed by atoms with E-state index in [0.29, 0.717) is 12.2 Å². The topological polar surface area (TPSA) is 62.1 Å². The molecule has 0 aliphatic heterocycles. The Morgan fingerprint density at radius 2 is 2.12 bits per heavy atom. The molecule has 0 heterocycles. The summed E-state index contributed by atoms with van der Waals surface area (Å²) in [5, 5.41) is 10.3. The first-order chi connectivity index (χ1) is 7.77. The lowest BCUT2D eigenvalue weighted by Gasteiger charge is -2.05. The molecule has 0 spiro atoms. The number of carbonyl (C=O) groups excluding carboxylic acids is 1. The summed E-state index contributed by atoms with van der Waals surface area (Å²) in [6, 6.07) is 6.71. The molecule has 4 nitrogen and oxygen atoms in total. The Morgan fingerprint density at radius 1 is 1.44 bits per heavy atom. The molecular weight excluding hydrogens is 204 g/mol. The molecular formula is C12H14N2O2. The van der Waals surface area contributed by atoms with Crippen molar-refractivity contribution in [3.63, 3.8) is 0 Å². The van der Waals surface area contributed by atoms with Crippen molar-refractivity contribution in [2.45, 2.75) is 19.8 Å². The van der Waals surface area contributed by atoms with Crippen molar-refractivity contribution in [1.29, 1.82) is 5.26 Å². The first-order valence-corrected chi connectivity index (χ1v) is 5.20. The molecule has 0 saturated carbocycles. The lowest BCUT2D eigenvalue weighted by Crippen LogP contribution is -2.16. The summed E-state index contributed by atoms with van der Waals surface area (Å²) in [5.41, 5.74) is 0.449. The van der Waals surface area contributed by atoms with Crippen LogP contribution in [0.3, 0.4) is 0 Å². The summed E-state index contributed by atoms with van der Waals surface area (Å²) in [4.78, 5) is 11.2. The molecule has 1 amide bonds. The van der Waals surface area contributed by atoms with E-state index in [9.17, 15) is 4.79 Å². The minimum Gasteiger partial charge on any atom is -0.494 e. The van der Waals surface area contributed by atoms with Gasteiger partial charge in [0.2, 0.25) is 0 Å². The molecule has 1 N–H and O–H groups in total. The number of rotatable bonds is 5. The van der Waals surface area contributed by atoms with E-state index in [4.69, 9.17) is 10.00 Å². The summed E-state index contributed by atoms with van der Waals surface area (Å²) in [6.45, 7) is 2.78. The fourth-order valence-corrected chi connectivity index (χ4v) is 1.16. The zero-order chi connectivity index (χ0) is 11.8. The number of unbranched alkanes of at least 4 members (excludes halogenated alkanes) is 1. The molecule has 84 valence electrons. The third kappa shape index (κ3) is 3.62. The molecule has 1 aromatic rings. The van der Waals surface area contributed by atoms with E-state index in [2.05, 4.69) is 12.2 Å². The Labute approximate surface area is 94.8 Å². The number of hydrogen-bond donors (Lipinski definition) is 1. The summed E-state index contributed by atoms with van der Waals surface area (Å²) >= 11 is 0. The van der Waals surface area contributed by atoms with Crippen molar-refractivity contribution in [2.75, 3.05) is 6.61 Å². The van der Waals surface area contributed by atoms with Crippen molar-refractivity contribution >= 4 is 5.91 Å². The highest BCUT2D eigenvalue weighted by molar-refractivity contribution is 5.95. The summed E-state index contributed by atoms with van der Waals surface area (Å²) < 4.78 is 5.44. The molecule has 16 heavy (non-hydrogen) atoms. The molecule has 0 radical (unpaired) electrons. The van der Waals surface area contributed by atoms with E-state index in [0.717, 1.165) is 18.6 Å². The molecule has 0 aliphatic carbocycles. The lowest BCUT2D eigenvalue weighted by atomic mass is 10.2. The van der Waals surface area contributed by atoms with Crippen LogP contribution in [0.2, 0.25) is 0 Å². The van der Waals surface area contributed by atoms with E-state index in [1.807, 2.05) is 0 Å². The van der Waals surface area contributed by atoms with Crippen LogP contribution in [0, 0.1) is 11.5 Å². The van der Waals surface area contributed by atoms with Crippen LogP contribution in [0.25, 0.3) is 0 Å².